The normalized spacial score (nSPS) is 19.8. The van der Waals surface area contributed by atoms with Crippen molar-refractivity contribution in [1.82, 2.24) is 0 Å². The van der Waals surface area contributed by atoms with E-state index in [9.17, 15) is 9.90 Å². The van der Waals surface area contributed by atoms with Crippen LogP contribution < -0.4 is 0 Å². The minimum atomic E-state index is -0.927. The van der Waals surface area contributed by atoms with Gasteiger partial charge >= 0.3 is 5.97 Å². The molecule has 0 bridgehead atoms. The van der Waals surface area contributed by atoms with E-state index in [-0.39, 0.29) is 6.10 Å². The monoisotopic (exact) mass is 228 g/mol. The summed E-state index contributed by atoms with van der Waals surface area (Å²) >= 11 is 0. The molecule has 1 aliphatic carbocycles. The van der Waals surface area contributed by atoms with Crippen LogP contribution in [-0.4, -0.2) is 23.3 Å². The molecule has 0 radical (unpaired) electrons. The fourth-order valence-electron chi connectivity index (χ4n) is 2.30. The summed E-state index contributed by atoms with van der Waals surface area (Å²) in [5.41, 5.74) is 0. The van der Waals surface area contributed by atoms with Crippen LogP contribution in [0, 0.1) is 5.92 Å². The van der Waals surface area contributed by atoms with Gasteiger partial charge in [-0.2, -0.15) is 0 Å². The summed E-state index contributed by atoms with van der Waals surface area (Å²) in [6.45, 7) is 3.59. The average molecular weight is 228 g/mol. The number of aliphatic hydroxyl groups is 1. The van der Waals surface area contributed by atoms with E-state index in [1.54, 1.807) is 13.8 Å². The average Bonchev–Trinajstić information content (AvgIpc) is 2.26. The van der Waals surface area contributed by atoms with Crippen molar-refractivity contribution in [2.75, 3.05) is 0 Å². The van der Waals surface area contributed by atoms with Crippen molar-refractivity contribution in [3.63, 3.8) is 0 Å². The van der Waals surface area contributed by atoms with E-state index in [1.807, 2.05) is 0 Å². The molecule has 3 heteroatoms. The van der Waals surface area contributed by atoms with Crippen LogP contribution in [0.25, 0.3) is 0 Å². The molecule has 0 aromatic carbocycles. The Labute approximate surface area is 98.2 Å². The summed E-state index contributed by atoms with van der Waals surface area (Å²) in [7, 11) is 0. The Morgan fingerprint density at radius 2 is 1.94 bits per heavy atom. The van der Waals surface area contributed by atoms with Gasteiger partial charge in [-0.15, -0.1) is 0 Å². The molecule has 0 heterocycles. The van der Waals surface area contributed by atoms with E-state index in [4.69, 9.17) is 4.74 Å². The molecule has 0 aromatic rings. The molecular formula is C13H24O3. The van der Waals surface area contributed by atoms with Gasteiger partial charge in [0.1, 0.15) is 0 Å². The van der Waals surface area contributed by atoms with Gasteiger partial charge in [0, 0.05) is 0 Å². The standard InChI is InChI=1S/C13H24O3/c1-10(2)16-13(15)12(14)9-8-11-6-4-3-5-7-11/h10-12,14H,3-9H2,1-2H3/t12-/m1/s1. The van der Waals surface area contributed by atoms with Gasteiger partial charge in [-0.3, -0.25) is 0 Å². The molecule has 16 heavy (non-hydrogen) atoms. The van der Waals surface area contributed by atoms with Crippen LogP contribution >= 0.6 is 0 Å². The van der Waals surface area contributed by atoms with Crippen molar-refractivity contribution in [1.29, 1.82) is 0 Å². The van der Waals surface area contributed by atoms with Crippen molar-refractivity contribution in [2.24, 2.45) is 5.92 Å². The molecule has 1 rings (SSSR count). The first-order valence-corrected chi connectivity index (χ1v) is 6.48. The van der Waals surface area contributed by atoms with Crippen LogP contribution in [0.3, 0.4) is 0 Å². The molecule has 0 aliphatic heterocycles. The Hall–Kier alpha value is -0.570. The van der Waals surface area contributed by atoms with E-state index in [0.717, 1.165) is 6.42 Å². The first kappa shape index (κ1) is 13.5. The molecule has 94 valence electrons. The molecule has 3 nitrogen and oxygen atoms in total. The SMILES string of the molecule is CC(C)OC(=O)[C@H](O)CCC1CCCCC1. The Balaban J connectivity index is 2.17. The van der Waals surface area contributed by atoms with Gasteiger partial charge in [0.05, 0.1) is 6.10 Å². The summed E-state index contributed by atoms with van der Waals surface area (Å²) in [6.07, 6.45) is 6.90. The Morgan fingerprint density at radius 3 is 2.50 bits per heavy atom. The van der Waals surface area contributed by atoms with Crippen molar-refractivity contribution in [3.8, 4) is 0 Å². The maximum atomic E-state index is 11.4. The quantitative estimate of drug-likeness (QED) is 0.736. The highest BCUT2D eigenvalue weighted by molar-refractivity contribution is 5.74. The number of rotatable bonds is 5. The van der Waals surface area contributed by atoms with Crippen LogP contribution in [0.15, 0.2) is 0 Å². The molecule has 0 amide bonds. The fraction of sp³-hybridized carbons (Fsp3) is 0.923. The van der Waals surface area contributed by atoms with Crippen LogP contribution in [0.4, 0.5) is 0 Å². The Kier molecular flexibility index (Phi) is 5.81. The molecule has 1 N–H and O–H groups in total. The molecule has 1 atom stereocenters. The van der Waals surface area contributed by atoms with E-state index in [2.05, 4.69) is 0 Å². The zero-order valence-corrected chi connectivity index (χ0v) is 10.4. The number of esters is 1. The van der Waals surface area contributed by atoms with Crippen LogP contribution in [0.1, 0.15) is 58.8 Å². The third-order valence-electron chi connectivity index (χ3n) is 3.20. The summed E-state index contributed by atoms with van der Waals surface area (Å²) in [5, 5.41) is 9.62. The second-order valence-corrected chi connectivity index (χ2v) is 5.08. The highest BCUT2D eigenvalue weighted by atomic mass is 16.6. The topological polar surface area (TPSA) is 46.5 Å². The molecule has 0 spiro atoms. The van der Waals surface area contributed by atoms with Gasteiger partial charge < -0.3 is 9.84 Å². The second kappa shape index (κ2) is 6.89. The largest absolute Gasteiger partial charge is 0.461 e. The fourth-order valence-corrected chi connectivity index (χ4v) is 2.30. The lowest BCUT2D eigenvalue weighted by Gasteiger charge is -2.22. The van der Waals surface area contributed by atoms with Crippen molar-refractivity contribution < 1.29 is 14.6 Å². The number of hydrogen-bond donors (Lipinski definition) is 1. The third kappa shape index (κ3) is 4.97. The summed E-state index contributed by atoms with van der Waals surface area (Å²) in [4.78, 5) is 11.4. The molecule has 0 saturated heterocycles. The minimum Gasteiger partial charge on any atom is -0.461 e. The maximum Gasteiger partial charge on any atom is 0.335 e. The van der Waals surface area contributed by atoms with Gasteiger partial charge in [-0.05, 0) is 32.6 Å². The zero-order valence-electron chi connectivity index (χ0n) is 10.4. The van der Waals surface area contributed by atoms with E-state index < -0.39 is 12.1 Å². The van der Waals surface area contributed by atoms with Gasteiger partial charge in [0.15, 0.2) is 6.10 Å². The highest BCUT2D eigenvalue weighted by Crippen LogP contribution is 2.27. The number of ether oxygens (including phenoxy) is 1. The summed E-state index contributed by atoms with van der Waals surface area (Å²) < 4.78 is 4.96. The lowest BCUT2D eigenvalue weighted by Crippen LogP contribution is -2.26. The lowest BCUT2D eigenvalue weighted by molar-refractivity contribution is -0.157. The maximum absolute atomic E-state index is 11.4. The van der Waals surface area contributed by atoms with Crippen molar-refractivity contribution in [3.05, 3.63) is 0 Å². The number of carbonyl (C=O) groups excluding carboxylic acids is 1. The molecule has 0 aromatic heterocycles. The van der Waals surface area contributed by atoms with E-state index >= 15 is 0 Å². The predicted octanol–water partition coefficient (Wildman–Crippen LogP) is 2.66. The van der Waals surface area contributed by atoms with Crippen LogP contribution in [0.5, 0.6) is 0 Å². The molecule has 0 unspecified atom stereocenters. The number of aliphatic hydroxyl groups excluding tert-OH is 1. The van der Waals surface area contributed by atoms with Crippen LogP contribution in [0.2, 0.25) is 0 Å². The molecule has 1 saturated carbocycles. The lowest BCUT2D eigenvalue weighted by atomic mass is 9.85. The van der Waals surface area contributed by atoms with Gasteiger partial charge in [-0.1, -0.05) is 32.1 Å². The minimum absolute atomic E-state index is 0.142. The smallest absolute Gasteiger partial charge is 0.335 e. The van der Waals surface area contributed by atoms with Gasteiger partial charge in [0.25, 0.3) is 0 Å². The summed E-state index contributed by atoms with van der Waals surface area (Å²) in [6, 6.07) is 0. The molecule has 1 aliphatic rings. The zero-order chi connectivity index (χ0) is 12.0. The number of hydrogen-bond acceptors (Lipinski definition) is 3. The first-order valence-electron chi connectivity index (χ1n) is 6.48. The van der Waals surface area contributed by atoms with E-state index in [0.29, 0.717) is 12.3 Å². The van der Waals surface area contributed by atoms with Gasteiger partial charge in [-0.25, -0.2) is 4.79 Å². The number of carbonyl (C=O) groups is 1. The Morgan fingerprint density at radius 1 is 1.31 bits per heavy atom. The molecular weight excluding hydrogens is 204 g/mol. The van der Waals surface area contributed by atoms with Crippen molar-refractivity contribution in [2.45, 2.75) is 71.0 Å². The predicted molar refractivity (Wildman–Crippen MR) is 63.0 cm³/mol. The second-order valence-electron chi connectivity index (χ2n) is 5.08. The molecule has 1 fully saturated rings. The highest BCUT2D eigenvalue weighted by Gasteiger charge is 2.20. The van der Waals surface area contributed by atoms with Gasteiger partial charge in [0.2, 0.25) is 0 Å². The Bertz CT molecular complexity index is 207. The first-order chi connectivity index (χ1) is 7.59. The third-order valence-corrected chi connectivity index (χ3v) is 3.20. The van der Waals surface area contributed by atoms with Crippen LogP contribution in [-0.2, 0) is 9.53 Å². The summed E-state index contributed by atoms with van der Waals surface area (Å²) in [5.74, 6) is 0.237. The van der Waals surface area contributed by atoms with E-state index in [1.165, 1.54) is 32.1 Å². The van der Waals surface area contributed by atoms with Crippen molar-refractivity contribution >= 4 is 5.97 Å².